The summed E-state index contributed by atoms with van der Waals surface area (Å²) in [5.41, 5.74) is 2.42. The van der Waals surface area contributed by atoms with E-state index in [0.717, 1.165) is 29.5 Å². The van der Waals surface area contributed by atoms with Crippen LogP contribution in [0.2, 0.25) is 0 Å². The maximum absolute atomic E-state index is 13.1. The Kier molecular flexibility index (Phi) is 5.77. The Labute approximate surface area is 212 Å². The second-order valence-electron chi connectivity index (χ2n) is 9.80. The highest BCUT2D eigenvalue weighted by molar-refractivity contribution is 6.04. The Morgan fingerprint density at radius 2 is 2.16 bits per heavy atom. The number of amides is 2. The molecule has 0 radical (unpaired) electrons. The SMILES string of the molecule is Cc1cccc(-c2nc(C(=O)Nc3cc4cn(CCC5CCNC5=O)nc4cc3C3(O)COC3)co2)c1. The summed E-state index contributed by atoms with van der Waals surface area (Å²) in [6.07, 6.45) is 4.74. The summed E-state index contributed by atoms with van der Waals surface area (Å²) in [5.74, 6) is -0.00757. The molecule has 10 nitrogen and oxygen atoms in total. The molecule has 0 aliphatic carbocycles. The third-order valence-electron chi connectivity index (χ3n) is 6.99. The molecule has 0 saturated carbocycles. The Balaban J connectivity index is 1.27. The fourth-order valence-corrected chi connectivity index (χ4v) is 4.86. The second kappa shape index (κ2) is 9.13. The maximum Gasteiger partial charge on any atom is 0.277 e. The molecule has 2 aliphatic rings. The highest BCUT2D eigenvalue weighted by Crippen LogP contribution is 2.37. The molecule has 0 bridgehead atoms. The van der Waals surface area contributed by atoms with Crippen LogP contribution in [0.4, 0.5) is 5.69 Å². The van der Waals surface area contributed by atoms with Gasteiger partial charge in [0.25, 0.3) is 5.91 Å². The molecule has 1 atom stereocenters. The predicted octanol–water partition coefficient (Wildman–Crippen LogP) is 3.00. The minimum absolute atomic E-state index is 0.00212. The number of carbonyl (C=O) groups is 2. The smallest absolute Gasteiger partial charge is 0.277 e. The van der Waals surface area contributed by atoms with Crippen molar-refractivity contribution in [3.05, 3.63) is 65.7 Å². The molecule has 10 heteroatoms. The molecule has 4 heterocycles. The molecule has 2 amide bonds. The van der Waals surface area contributed by atoms with Crippen molar-refractivity contribution in [3.8, 4) is 11.5 Å². The number of carbonyl (C=O) groups excluding carboxylic acids is 2. The molecule has 2 fully saturated rings. The quantitative estimate of drug-likeness (QED) is 0.355. The second-order valence-corrected chi connectivity index (χ2v) is 9.80. The van der Waals surface area contributed by atoms with E-state index in [4.69, 9.17) is 9.15 Å². The van der Waals surface area contributed by atoms with Gasteiger partial charge in [0.1, 0.15) is 11.9 Å². The topological polar surface area (TPSA) is 132 Å². The minimum Gasteiger partial charge on any atom is -0.444 e. The van der Waals surface area contributed by atoms with Gasteiger partial charge < -0.3 is 24.9 Å². The van der Waals surface area contributed by atoms with Gasteiger partial charge in [0.15, 0.2) is 5.69 Å². The van der Waals surface area contributed by atoms with Crippen LogP contribution in [0.5, 0.6) is 0 Å². The van der Waals surface area contributed by atoms with Gasteiger partial charge in [-0.1, -0.05) is 17.7 Å². The van der Waals surface area contributed by atoms with Crippen LogP contribution in [0.3, 0.4) is 0 Å². The van der Waals surface area contributed by atoms with Crippen LogP contribution in [-0.2, 0) is 21.7 Å². The van der Waals surface area contributed by atoms with E-state index in [0.29, 0.717) is 35.6 Å². The van der Waals surface area contributed by atoms with Crippen LogP contribution in [0, 0.1) is 12.8 Å². The van der Waals surface area contributed by atoms with E-state index in [9.17, 15) is 14.7 Å². The predicted molar refractivity (Wildman–Crippen MR) is 135 cm³/mol. The van der Waals surface area contributed by atoms with Crippen molar-refractivity contribution in [3.63, 3.8) is 0 Å². The number of rotatable bonds is 7. The number of hydrogen-bond donors (Lipinski definition) is 3. The zero-order chi connectivity index (χ0) is 25.6. The number of benzene rings is 2. The van der Waals surface area contributed by atoms with Crippen molar-refractivity contribution in [2.75, 3.05) is 25.1 Å². The summed E-state index contributed by atoms with van der Waals surface area (Å²) in [6.45, 7) is 3.54. The molecule has 190 valence electrons. The van der Waals surface area contributed by atoms with Crippen molar-refractivity contribution in [1.82, 2.24) is 20.1 Å². The van der Waals surface area contributed by atoms with Crippen LogP contribution < -0.4 is 10.6 Å². The molecule has 4 aromatic rings. The largest absolute Gasteiger partial charge is 0.444 e. The molecule has 0 spiro atoms. The number of anilines is 1. The summed E-state index contributed by atoms with van der Waals surface area (Å²) in [6, 6.07) is 11.3. The van der Waals surface area contributed by atoms with E-state index < -0.39 is 11.5 Å². The average molecular weight is 502 g/mol. The average Bonchev–Trinajstić information content (AvgIpc) is 3.60. The molecule has 37 heavy (non-hydrogen) atoms. The molecule has 6 rings (SSSR count). The fraction of sp³-hybridized carbons (Fsp3) is 0.333. The van der Waals surface area contributed by atoms with Crippen molar-refractivity contribution < 1.29 is 23.8 Å². The van der Waals surface area contributed by atoms with Crippen LogP contribution in [0.25, 0.3) is 22.4 Å². The van der Waals surface area contributed by atoms with Gasteiger partial charge in [-0.25, -0.2) is 4.98 Å². The lowest BCUT2D eigenvalue weighted by Gasteiger charge is -2.37. The van der Waals surface area contributed by atoms with E-state index >= 15 is 0 Å². The van der Waals surface area contributed by atoms with Gasteiger partial charge in [0.05, 0.1) is 18.7 Å². The summed E-state index contributed by atoms with van der Waals surface area (Å²) in [5, 5.41) is 22.3. The minimum atomic E-state index is -1.22. The molecular formula is C27H27N5O5. The van der Waals surface area contributed by atoms with E-state index in [1.807, 2.05) is 37.4 Å². The lowest BCUT2D eigenvalue weighted by molar-refractivity contribution is -0.184. The van der Waals surface area contributed by atoms with Crippen LogP contribution in [-0.4, -0.2) is 51.4 Å². The van der Waals surface area contributed by atoms with Crippen molar-refractivity contribution in [2.24, 2.45) is 5.92 Å². The summed E-state index contributed by atoms with van der Waals surface area (Å²) >= 11 is 0. The van der Waals surface area contributed by atoms with E-state index in [-0.39, 0.29) is 30.7 Å². The highest BCUT2D eigenvalue weighted by atomic mass is 16.5. The summed E-state index contributed by atoms with van der Waals surface area (Å²) < 4.78 is 12.6. The number of fused-ring (bicyclic) bond motifs is 1. The van der Waals surface area contributed by atoms with Crippen LogP contribution >= 0.6 is 0 Å². The number of aliphatic hydroxyl groups is 1. The monoisotopic (exact) mass is 501 g/mol. The first-order valence-electron chi connectivity index (χ1n) is 12.3. The number of aromatic nitrogens is 3. The van der Waals surface area contributed by atoms with Gasteiger partial charge in [0.2, 0.25) is 11.8 Å². The van der Waals surface area contributed by atoms with Crippen molar-refractivity contribution in [2.45, 2.75) is 31.9 Å². The lowest BCUT2D eigenvalue weighted by Crippen LogP contribution is -2.47. The van der Waals surface area contributed by atoms with Crippen molar-refractivity contribution >= 4 is 28.4 Å². The molecule has 3 N–H and O–H groups in total. The van der Waals surface area contributed by atoms with Gasteiger partial charge in [-0.05, 0) is 44.0 Å². The maximum atomic E-state index is 13.1. The fourth-order valence-electron chi connectivity index (χ4n) is 4.86. The summed E-state index contributed by atoms with van der Waals surface area (Å²) in [4.78, 5) is 29.4. The molecule has 2 saturated heterocycles. The molecule has 2 aliphatic heterocycles. The highest BCUT2D eigenvalue weighted by Gasteiger charge is 2.40. The number of nitrogens with zero attached hydrogens (tertiary/aromatic N) is 3. The normalized spacial score (nSPS) is 18.5. The number of nitrogens with one attached hydrogen (secondary N) is 2. The molecule has 2 aromatic heterocycles. The zero-order valence-electron chi connectivity index (χ0n) is 20.4. The molecule has 1 unspecified atom stereocenters. The van der Waals surface area contributed by atoms with Crippen LogP contribution in [0.15, 0.2) is 53.3 Å². The van der Waals surface area contributed by atoms with Gasteiger partial charge >= 0.3 is 0 Å². The third kappa shape index (κ3) is 4.49. The zero-order valence-corrected chi connectivity index (χ0v) is 20.4. The van der Waals surface area contributed by atoms with E-state index in [2.05, 4.69) is 20.7 Å². The number of hydrogen-bond acceptors (Lipinski definition) is 7. The first-order chi connectivity index (χ1) is 17.9. The van der Waals surface area contributed by atoms with E-state index in [1.54, 1.807) is 16.8 Å². The van der Waals surface area contributed by atoms with Gasteiger partial charge in [-0.2, -0.15) is 5.10 Å². The summed E-state index contributed by atoms with van der Waals surface area (Å²) in [7, 11) is 0. The van der Waals surface area contributed by atoms with Gasteiger partial charge in [-0.3, -0.25) is 14.3 Å². The number of aryl methyl sites for hydroxylation is 2. The van der Waals surface area contributed by atoms with Gasteiger partial charge in [-0.15, -0.1) is 0 Å². The standard InChI is InChI=1S/C27H27N5O5/c1-16-3-2-4-18(9-16)26-30-23(13-37-26)25(34)29-22-10-19-12-32(8-6-17-5-7-28-24(17)33)31-21(19)11-20(22)27(35)14-36-15-27/h2-4,9-13,17,35H,5-8,14-15H2,1H3,(H,28,33)(H,29,34). The van der Waals surface area contributed by atoms with Crippen molar-refractivity contribution in [1.29, 1.82) is 0 Å². The first kappa shape index (κ1) is 23.4. The first-order valence-corrected chi connectivity index (χ1v) is 12.3. The van der Waals surface area contributed by atoms with E-state index in [1.165, 1.54) is 6.26 Å². The Bertz CT molecular complexity index is 1500. The molecular weight excluding hydrogens is 474 g/mol. The number of ether oxygens (including phenoxy) is 1. The molecule has 2 aromatic carbocycles. The Morgan fingerprint density at radius 1 is 1.30 bits per heavy atom. The lowest BCUT2D eigenvalue weighted by atomic mass is 9.89. The van der Waals surface area contributed by atoms with Gasteiger partial charge in [0, 0.05) is 47.4 Å². The third-order valence-corrected chi connectivity index (χ3v) is 6.99. The number of oxazole rings is 1. The van der Waals surface area contributed by atoms with Crippen LogP contribution in [0.1, 0.15) is 34.5 Å². The Hall–Kier alpha value is -4.02. The Morgan fingerprint density at radius 3 is 2.89 bits per heavy atom.